The van der Waals surface area contributed by atoms with E-state index in [1.54, 1.807) is 0 Å². The summed E-state index contributed by atoms with van der Waals surface area (Å²) in [5.41, 5.74) is 0.965. The normalized spacial score (nSPS) is 24.0. The molecule has 1 aromatic carbocycles. The van der Waals surface area contributed by atoms with Crippen molar-refractivity contribution in [2.24, 2.45) is 0 Å². The highest BCUT2D eigenvalue weighted by Gasteiger charge is 2.36. The summed E-state index contributed by atoms with van der Waals surface area (Å²) in [5.74, 6) is 0. The molecule has 2 rings (SSSR count). The first kappa shape index (κ1) is 17.1. The van der Waals surface area contributed by atoms with Crippen molar-refractivity contribution in [3.63, 3.8) is 0 Å². The van der Waals surface area contributed by atoms with E-state index < -0.39 is 0 Å². The van der Waals surface area contributed by atoms with Gasteiger partial charge in [-0.25, -0.2) is 0 Å². The lowest BCUT2D eigenvalue weighted by Gasteiger charge is -2.41. The highest BCUT2D eigenvalue weighted by atomic mass is 35.5. The number of nitrogens with one attached hydrogen (secondary N) is 1. The van der Waals surface area contributed by atoms with Crippen LogP contribution in [0.5, 0.6) is 0 Å². The second-order valence-electron chi connectivity index (χ2n) is 6.06. The predicted octanol–water partition coefficient (Wildman–Crippen LogP) is 4.86. The molecule has 0 spiro atoms. The third kappa shape index (κ3) is 4.59. The number of halogens is 2. The van der Waals surface area contributed by atoms with Crippen LogP contribution in [-0.4, -0.2) is 24.8 Å². The monoisotopic (exact) mass is 329 g/mol. The molecule has 0 amide bonds. The molecule has 1 N–H and O–H groups in total. The maximum atomic E-state index is 6.33. The maximum Gasteiger partial charge on any atom is 0.0810 e. The van der Waals surface area contributed by atoms with Crippen LogP contribution in [0.25, 0.3) is 0 Å². The van der Waals surface area contributed by atoms with Crippen molar-refractivity contribution in [1.29, 1.82) is 0 Å². The summed E-state index contributed by atoms with van der Waals surface area (Å²) in [5, 5.41) is 5.16. The number of ether oxygens (including phenoxy) is 1. The van der Waals surface area contributed by atoms with Gasteiger partial charge in [0.15, 0.2) is 0 Å². The summed E-state index contributed by atoms with van der Waals surface area (Å²) in [6, 6.07) is 5.94. The Morgan fingerprint density at radius 2 is 2.14 bits per heavy atom. The third-order valence-electron chi connectivity index (χ3n) is 4.31. The molecule has 1 aliphatic rings. The van der Waals surface area contributed by atoms with Crippen molar-refractivity contribution < 1.29 is 4.74 Å². The molecule has 1 heterocycles. The first-order valence-electron chi connectivity index (χ1n) is 7.86. The molecule has 2 atom stereocenters. The van der Waals surface area contributed by atoms with Gasteiger partial charge in [-0.1, -0.05) is 30.1 Å². The molecule has 1 aliphatic heterocycles. The topological polar surface area (TPSA) is 21.3 Å². The zero-order valence-corrected chi connectivity index (χ0v) is 14.4. The molecule has 0 aromatic heterocycles. The maximum absolute atomic E-state index is 6.33. The van der Waals surface area contributed by atoms with Crippen LogP contribution in [0.15, 0.2) is 18.2 Å². The lowest BCUT2D eigenvalue weighted by molar-refractivity contribution is -0.0883. The van der Waals surface area contributed by atoms with Crippen LogP contribution in [-0.2, 0) is 11.2 Å². The van der Waals surface area contributed by atoms with Crippen molar-refractivity contribution >= 4 is 23.2 Å². The second-order valence-corrected chi connectivity index (χ2v) is 6.91. The minimum absolute atomic E-state index is 0.126. The Balaban J connectivity index is 2.17. The Hall–Kier alpha value is -0.280. The van der Waals surface area contributed by atoms with Gasteiger partial charge in [-0.3, -0.25) is 0 Å². The standard InChI is InChI=1S/C17H25Cl2NO/c1-3-9-20-16(17(2)8-4-5-10-21-17)12-13-11-14(18)6-7-15(13)19/h6-7,11,16,20H,3-5,8-10,12H2,1-2H3. The molecule has 21 heavy (non-hydrogen) atoms. The Bertz CT molecular complexity index is 458. The van der Waals surface area contributed by atoms with E-state index in [1.807, 2.05) is 18.2 Å². The predicted molar refractivity (Wildman–Crippen MR) is 90.5 cm³/mol. The fraction of sp³-hybridized carbons (Fsp3) is 0.647. The smallest absolute Gasteiger partial charge is 0.0810 e. The van der Waals surface area contributed by atoms with E-state index in [0.717, 1.165) is 54.4 Å². The van der Waals surface area contributed by atoms with Crippen molar-refractivity contribution in [1.82, 2.24) is 5.32 Å². The number of rotatable bonds is 6. The summed E-state index contributed by atoms with van der Waals surface area (Å²) in [6.07, 6.45) is 5.43. The molecule has 1 fully saturated rings. The number of hydrogen-bond acceptors (Lipinski definition) is 2. The zero-order chi connectivity index (χ0) is 15.3. The quantitative estimate of drug-likeness (QED) is 0.804. The molecule has 4 heteroatoms. The minimum atomic E-state index is -0.126. The van der Waals surface area contributed by atoms with Gasteiger partial charge in [0.1, 0.15) is 0 Å². The van der Waals surface area contributed by atoms with Crippen LogP contribution < -0.4 is 5.32 Å². The third-order valence-corrected chi connectivity index (χ3v) is 4.91. The molecule has 0 saturated carbocycles. The lowest BCUT2D eigenvalue weighted by Crippen LogP contribution is -2.53. The summed E-state index contributed by atoms with van der Waals surface area (Å²) in [6.45, 7) is 6.24. The van der Waals surface area contributed by atoms with Crippen molar-refractivity contribution in [3.8, 4) is 0 Å². The SMILES string of the molecule is CCCNC(Cc1cc(Cl)ccc1Cl)C1(C)CCCCO1. The fourth-order valence-electron chi connectivity index (χ4n) is 2.97. The van der Waals surface area contributed by atoms with Crippen LogP contribution in [0.3, 0.4) is 0 Å². The van der Waals surface area contributed by atoms with E-state index in [0.29, 0.717) is 0 Å². The molecule has 0 bridgehead atoms. The summed E-state index contributed by atoms with van der Waals surface area (Å²) in [7, 11) is 0. The van der Waals surface area contributed by atoms with E-state index in [9.17, 15) is 0 Å². The van der Waals surface area contributed by atoms with Gasteiger partial charge < -0.3 is 10.1 Å². The Morgan fingerprint density at radius 3 is 2.81 bits per heavy atom. The Labute approximate surface area is 138 Å². The molecule has 2 nitrogen and oxygen atoms in total. The van der Waals surface area contributed by atoms with Crippen LogP contribution in [0.1, 0.15) is 45.1 Å². The van der Waals surface area contributed by atoms with Crippen LogP contribution in [0.4, 0.5) is 0 Å². The second kappa shape index (κ2) is 7.82. The average Bonchev–Trinajstić information content (AvgIpc) is 2.47. The molecular weight excluding hydrogens is 305 g/mol. The summed E-state index contributed by atoms with van der Waals surface area (Å²) in [4.78, 5) is 0. The minimum Gasteiger partial charge on any atom is -0.374 e. The van der Waals surface area contributed by atoms with E-state index >= 15 is 0 Å². The molecule has 118 valence electrons. The highest BCUT2D eigenvalue weighted by Crippen LogP contribution is 2.31. The van der Waals surface area contributed by atoms with Gasteiger partial charge in [0, 0.05) is 22.7 Å². The lowest BCUT2D eigenvalue weighted by atomic mass is 9.84. The van der Waals surface area contributed by atoms with Crippen molar-refractivity contribution in [3.05, 3.63) is 33.8 Å². The first-order valence-corrected chi connectivity index (χ1v) is 8.62. The van der Waals surface area contributed by atoms with Gasteiger partial charge in [0.05, 0.1) is 5.60 Å². The molecule has 1 aromatic rings. The summed E-state index contributed by atoms with van der Waals surface area (Å²) < 4.78 is 6.13. The van der Waals surface area contributed by atoms with Crippen molar-refractivity contribution in [2.75, 3.05) is 13.2 Å². The zero-order valence-electron chi connectivity index (χ0n) is 12.9. The van der Waals surface area contributed by atoms with Gasteiger partial charge in [0.25, 0.3) is 0 Å². The Morgan fingerprint density at radius 1 is 1.33 bits per heavy atom. The first-order chi connectivity index (χ1) is 10.0. The molecule has 1 saturated heterocycles. The Kier molecular flexibility index (Phi) is 6.36. The average molecular weight is 330 g/mol. The summed E-state index contributed by atoms with van der Waals surface area (Å²) >= 11 is 12.4. The van der Waals surface area contributed by atoms with E-state index in [4.69, 9.17) is 27.9 Å². The molecule has 0 radical (unpaired) electrons. The van der Waals surface area contributed by atoms with Crippen LogP contribution in [0, 0.1) is 0 Å². The van der Waals surface area contributed by atoms with Crippen LogP contribution in [0.2, 0.25) is 10.0 Å². The molecule has 0 aliphatic carbocycles. The van der Waals surface area contributed by atoms with Gasteiger partial charge in [-0.05, 0) is 69.3 Å². The number of hydrogen-bond donors (Lipinski definition) is 1. The van der Waals surface area contributed by atoms with Crippen molar-refractivity contribution in [2.45, 2.75) is 57.6 Å². The van der Waals surface area contributed by atoms with Gasteiger partial charge in [-0.15, -0.1) is 0 Å². The van der Waals surface area contributed by atoms with E-state index in [2.05, 4.69) is 19.2 Å². The van der Waals surface area contributed by atoms with Crippen LogP contribution >= 0.6 is 23.2 Å². The van der Waals surface area contributed by atoms with E-state index in [-0.39, 0.29) is 11.6 Å². The van der Waals surface area contributed by atoms with Gasteiger partial charge in [-0.2, -0.15) is 0 Å². The highest BCUT2D eigenvalue weighted by molar-refractivity contribution is 6.33. The molecule has 2 unspecified atom stereocenters. The number of benzene rings is 1. The van der Waals surface area contributed by atoms with Gasteiger partial charge >= 0.3 is 0 Å². The largest absolute Gasteiger partial charge is 0.374 e. The van der Waals surface area contributed by atoms with Gasteiger partial charge in [0.2, 0.25) is 0 Å². The fourth-order valence-corrected chi connectivity index (χ4v) is 3.36. The van der Waals surface area contributed by atoms with E-state index in [1.165, 1.54) is 6.42 Å². The molecular formula is C17H25Cl2NO.